The van der Waals surface area contributed by atoms with Gasteiger partial charge in [-0.3, -0.25) is 0 Å². The molecule has 13 heteroatoms. The summed E-state index contributed by atoms with van der Waals surface area (Å²) in [6.07, 6.45) is -16.1. The van der Waals surface area contributed by atoms with Gasteiger partial charge in [-0.25, -0.2) is 0 Å². The molecule has 12 atom stereocenters. The zero-order valence-corrected chi connectivity index (χ0v) is 14.7. The van der Waals surface area contributed by atoms with Crippen molar-refractivity contribution in [2.75, 3.05) is 19.8 Å². The highest BCUT2D eigenvalue weighted by Gasteiger charge is 2.51. The van der Waals surface area contributed by atoms with E-state index in [0.717, 1.165) is 0 Å². The van der Waals surface area contributed by atoms with Crippen LogP contribution in [0, 0.1) is 0 Å². The van der Waals surface area contributed by atoms with Crippen molar-refractivity contribution in [2.24, 2.45) is 0 Å². The molecular weight excluding hydrogens is 388 g/mol. The quantitative estimate of drug-likeness (QED) is 0.196. The predicted molar refractivity (Wildman–Crippen MR) is 83.2 cm³/mol. The van der Waals surface area contributed by atoms with Gasteiger partial charge in [-0.1, -0.05) is 0 Å². The number of hydrogen-bond acceptors (Lipinski definition) is 13. The summed E-state index contributed by atoms with van der Waals surface area (Å²) in [7, 11) is 0. The molecule has 0 aromatic heterocycles. The van der Waals surface area contributed by atoms with Gasteiger partial charge in [0.15, 0.2) is 18.9 Å². The van der Waals surface area contributed by atoms with Crippen LogP contribution in [0.15, 0.2) is 0 Å². The highest BCUT2D eigenvalue weighted by Crippen LogP contribution is 2.30. The van der Waals surface area contributed by atoms with E-state index in [-0.39, 0.29) is 6.61 Å². The molecule has 0 saturated carbocycles. The first-order chi connectivity index (χ1) is 13.3. The van der Waals surface area contributed by atoms with Crippen molar-refractivity contribution in [1.29, 1.82) is 0 Å². The van der Waals surface area contributed by atoms with Crippen molar-refractivity contribution in [1.82, 2.24) is 0 Å². The van der Waals surface area contributed by atoms with E-state index < -0.39 is 87.0 Å². The molecule has 0 unspecified atom stereocenters. The van der Waals surface area contributed by atoms with E-state index in [2.05, 4.69) is 0 Å². The van der Waals surface area contributed by atoms with E-state index in [0.29, 0.717) is 0 Å². The summed E-state index contributed by atoms with van der Waals surface area (Å²) in [5, 5.41) is 77.3. The molecular formula is C15H26O13. The Hall–Kier alpha value is -0.520. The Labute approximate surface area is 159 Å². The van der Waals surface area contributed by atoms with E-state index in [1.54, 1.807) is 0 Å². The highest BCUT2D eigenvalue weighted by atomic mass is 16.7. The van der Waals surface area contributed by atoms with Gasteiger partial charge in [0.1, 0.15) is 54.9 Å². The van der Waals surface area contributed by atoms with E-state index >= 15 is 0 Å². The minimum atomic E-state index is -1.64. The molecule has 3 saturated heterocycles. The minimum absolute atomic E-state index is 0.361. The average Bonchev–Trinajstić information content (AvgIpc) is 3.23. The van der Waals surface area contributed by atoms with E-state index in [4.69, 9.17) is 33.9 Å². The van der Waals surface area contributed by atoms with Crippen LogP contribution in [-0.2, 0) is 23.7 Å². The molecule has 13 nitrogen and oxygen atoms in total. The van der Waals surface area contributed by atoms with Crippen molar-refractivity contribution in [3.05, 3.63) is 0 Å². The smallest absolute Gasteiger partial charge is 0.187 e. The largest absolute Gasteiger partial charge is 0.394 e. The minimum Gasteiger partial charge on any atom is -0.394 e. The lowest BCUT2D eigenvalue weighted by molar-refractivity contribution is -0.227. The molecule has 0 spiro atoms. The molecule has 3 aliphatic rings. The molecule has 0 aliphatic carbocycles. The molecule has 0 aromatic carbocycles. The fourth-order valence-corrected chi connectivity index (χ4v) is 3.35. The normalized spacial score (nSPS) is 51.9. The van der Waals surface area contributed by atoms with Crippen LogP contribution in [0.25, 0.3) is 0 Å². The summed E-state index contributed by atoms with van der Waals surface area (Å²) in [4.78, 5) is 0. The molecule has 3 rings (SSSR count). The van der Waals surface area contributed by atoms with E-state index in [1.807, 2.05) is 0 Å². The molecule has 28 heavy (non-hydrogen) atoms. The SMILES string of the molecule is OC[C@H]1O[C@H](OC[C@H]2O[C@H](O)[C@@H](O)[C@@H]2O[C@H]2O[C@H](CO)[C@@H](O)[C@@H]2O)[C@@H](O)[C@@H]1O. The van der Waals surface area contributed by atoms with Crippen molar-refractivity contribution in [3.8, 4) is 0 Å². The second kappa shape index (κ2) is 9.09. The van der Waals surface area contributed by atoms with Gasteiger partial charge in [0.25, 0.3) is 0 Å². The van der Waals surface area contributed by atoms with Crippen LogP contribution in [0.5, 0.6) is 0 Å². The second-order valence-electron chi connectivity index (χ2n) is 6.90. The van der Waals surface area contributed by atoms with Gasteiger partial charge in [-0.15, -0.1) is 0 Å². The van der Waals surface area contributed by atoms with Crippen LogP contribution in [-0.4, -0.2) is 134 Å². The molecule has 0 aromatic rings. The van der Waals surface area contributed by atoms with Crippen molar-refractivity contribution in [2.45, 2.75) is 73.8 Å². The standard InChI is InChI=1S/C15H26O13/c16-1-4-7(18)9(20)14(26-4)24-3-6-12(11(22)13(23)25-6)28-15-10(21)8(19)5(2-17)27-15/h4-23H,1-3H2/t4-,5-,6-,7-,8-,9+,10+,11+,12-,13+,14+,15-/m1/s1. The number of ether oxygens (including phenoxy) is 5. The Kier molecular flexibility index (Phi) is 7.20. The van der Waals surface area contributed by atoms with Crippen LogP contribution >= 0.6 is 0 Å². The summed E-state index contributed by atoms with van der Waals surface area (Å²) < 4.78 is 26.2. The van der Waals surface area contributed by atoms with Crippen LogP contribution in [0.3, 0.4) is 0 Å². The van der Waals surface area contributed by atoms with Gasteiger partial charge in [0.2, 0.25) is 0 Å². The van der Waals surface area contributed by atoms with Crippen molar-refractivity contribution >= 4 is 0 Å². The summed E-state index contributed by atoms with van der Waals surface area (Å²) in [6.45, 7) is -1.46. The third kappa shape index (κ3) is 4.17. The van der Waals surface area contributed by atoms with Crippen molar-refractivity contribution in [3.63, 3.8) is 0 Å². The molecule has 3 aliphatic heterocycles. The van der Waals surface area contributed by atoms with Crippen LogP contribution in [0.2, 0.25) is 0 Å². The fourth-order valence-electron chi connectivity index (χ4n) is 3.35. The summed E-state index contributed by atoms with van der Waals surface area (Å²) >= 11 is 0. The molecule has 3 heterocycles. The first kappa shape index (κ1) is 22.2. The maximum atomic E-state index is 10.1. The van der Waals surface area contributed by atoms with E-state index in [1.165, 1.54) is 0 Å². The maximum Gasteiger partial charge on any atom is 0.187 e. The molecule has 0 amide bonds. The first-order valence-electron chi connectivity index (χ1n) is 8.82. The molecule has 0 radical (unpaired) electrons. The number of hydrogen-bond donors (Lipinski definition) is 8. The highest BCUT2D eigenvalue weighted by molar-refractivity contribution is 4.92. The summed E-state index contributed by atoms with van der Waals surface area (Å²) in [6, 6.07) is 0. The predicted octanol–water partition coefficient (Wildman–Crippen LogP) is -5.66. The Balaban J connectivity index is 1.59. The topological polar surface area (TPSA) is 208 Å². The summed E-state index contributed by atoms with van der Waals surface area (Å²) in [5.74, 6) is 0. The lowest BCUT2D eigenvalue weighted by Crippen LogP contribution is -2.44. The Bertz CT molecular complexity index is 508. The van der Waals surface area contributed by atoms with Crippen LogP contribution in [0.1, 0.15) is 0 Å². The Morgan fingerprint density at radius 1 is 0.607 bits per heavy atom. The number of aliphatic hydroxyl groups excluding tert-OH is 8. The Morgan fingerprint density at radius 2 is 1.14 bits per heavy atom. The molecule has 164 valence electrons. The van der Waals surface area contributed by atoms with Gasteiger partial charge in [0, 0.05) is 0 Å². The summed E-state index contributed by atoms with van der Waals surface area (Å²) in [5.41, 5.74) is 0. The van der Waals surface area contributed by atoms with Crippen molar-refractivity contribution < 1.29 is 64.5 Å². The zero-order valence-electron chi connectivity index (χ0n) is 14.7. The first-order valence-corrected chi connectivity index (χ1v) is 8.82. The van der Waals surface area contributed by atoms with Gasteiger partial charge in [-0.05, 0) is 0 Å². The lowest BCUT2D eigenvalue weighted by atomic mass is 10.1. The Morgan fingerprint density at radius 3 is 1.68 bits per heavy atom. The third-order valence-electron chi connectivity index (χ3n) is 5.02. The third-order valence-corrected chi connectivity index (χ3v) is 5.02. The second-order valence-corrected chi connectivity index (χ2v) is 6.90. The number of aliphatic hydroxyl groups is 8. The van der Waals surface area contributed by atoms with E-state index in [9.17, 15) is 30.6 Å². The van der Waals surface area contributed by atoms with Gasteiger partial charge in [0.05, 0.1) is 19.8 Å². The molecule has 3 fully saturated rings. The number of rotatable bonds is 7. The monoisotopic (exact) mass is 414 g/mol. The lowest BCUT2D eigenvalue weighted by Gasteiger charge is -2.26. The van der Waals surface area contributed by atoms with Crippen LogP contribution < -0.4 is 0 Å². The van der Waals surface area contributed by atoms with Gasteiger partial charge < -0.3 is 64.5 Å². The van der Waals surface area contributed by atoms with Crippen LogP contribution in [0.4, 0.5) is 0 Å². The fraction of sp³-hybridized carbons (Fsp3) is 1.00. The molecule has 8 N–H and O–H groups in total. The average molecular weight is 414 g/mol. The van der Waals surface area contributed by atoms with Gasteiger partial charge in [-0.2, -0.15) is 0 Å². The van der Waals surface area contributed by atoms with Gasteiger partial charge >= 0.3 is 0 Å². The molecule has 0 bridgehead atoms. The maximum absolute atomic E-state index is 10.1. The zero-order chi connectivity index (χ0) is 20.6.